The lowest BCUT2D eigenvalue weighted by Gasteiger charge is -2.08. The van der Waals surface area contributed by atoms with Crippen molar-refractivity contribution in [2.24, 2.45) is 10.2 Å². The van der Waals surface area contributed by atoms with Crippen molar-refractivity contribution in [2.75, 3.05) is 26.8 Å². The van der Waals surface area contributed by atoms with E-state index in [4.69, 9.17) is 19.0 Å². The van der Waals surface area contributed by atoms with E-state index in [1.807, 2.05) is 0 Å². The molecule has 0 unspecified atom stereocenters. The van der Waals surface area contributed by atoms with E-state index in [2.05, 4.69) is 15.7 Å². The van der Waals surface area contributed by atoms with Crippen LogP contribution in [0.25, 0.3) is 0 Å². The van der Waals surface area contributed by atoms with Crippen LogP contribution in [0.3, 0.4) is 0 Å². The topological polar surface area (TPSA) is 108 Å². The molecule has 0 aliphatic heterocycles. The van der Waals surface area contributed by atoms with E-state index in [1.165, 1.54) is 20.3 Å². The summed E-state index contributed by atoms with van der Waals surface area (Å²) in [5.41, 5.74) is 4.23. The average molecular weight is 435 g/mol. The van der Waals surface area contributed by atoms with Gasteiger partial charge in [-0.05, 0) is 66.7 Å². The minimum absolute atomic E-state index is 0.315. The van der Waals surface area contributed by atoms with Crippen LogP contribution < -0.4 is 19.7 Å². The Kier molecular flexibility index (Phi) is 7.37. The van der Waals surface area contributed by atoms with E-state index < -0.39 is 11.9 Å². The van der Waals surface area contributed by atoms with E-state index in [-0.39, 0.29) is 0 Å². The minimum Gasteiger partial charge on any atom is -0.497 e. The predicted molar refractivity (Wildman–Crippen MR) is 117 cm³/mol. The van der Waals surface area contributed by atoms with E-state index in [0.29, 0.717) is 39.8 Å². The lowest BCUT2D eigenvalue weighted by molar-refractivity contribution is 0.0596. The molecule has 1 amide bonds. The lowest BCUT2D eigenvalue weighted by Crippen LogP contribution is -2.10. The van der Waals surface area contributed by atoms with Gasteiger partial charge >= 0.3 is 5.97 Å². The highest BCUT2D eigenvalue weighted by Crippen LogP contribution is 2.28. The minimum atomic E-state index is -0.545. The third kappa shape index (κ3) is 5.60. The number of ether oxygens (including phenoxy) is 3. The van der Waals surface area contributed by atoms with Crippen LogP contribution in [-0.4, -0.2) is 33.2 Å². The molecule has 0 saturated heterocycles. The number of nitrogens with one attached hydrogen (secondary N) is 1. The first-order valence-electron chi connectivity index (χ1n) is 9.43. The van der Waals surface area contributed by atoms with Crippen LogP contribution in [0.1, 0.15) is 20.7 Å². The second kappa shape index (κ2) is 10.6. The molecule has 3 aromatic carbocycles. The van der Waals surface area contributed by atoms with Gasteiger partial charge in [-0.25, -0.2) is 10.3 Å². The summed E-state index contributed by atoms with van der Waals surface area (Å²) in [6, 6.07) is 17.8. The average Bonchev–Trinajstić information content (AvgIpc) is 2.85. The molecule has 9 nitrogen and oxygen atoms in total. The Morgan fingerprint density at radius 2 is 1.41 bits per heavy atom. The number of carbonyl (C=O) groups is 2. The fourth-order valence-electron chi connectivity index (χ4n) is 2.62. The summed E-state index contributed by atoms with van der Waals surface area (Å²) in [6.45, 7) is 0. The van der Waals surface area contributed by atoms with E-state index in [1.54, 1.807) is 67.8 Å². The molecule has 0 aliphatic rings. The molecule has 0 heterocycles. The van der Waals surface area contributed by atoms with Crippen molar-refractivity contribution in [3.63, 3.8) is 0 Å². The number of rotatable bonds is 8. The first-order chi connectivity index (χ1) is 15.5. The summed E-state index contributed by atoms with van der Waals surface area (Å²) in [5, 5.41) is 7.66. The quantitative estimate of drug-likeness (QED) is 0.399. The van der Waals surface area contributed by atoms with Crippen molar-refractivity contribution in [3.05, 3.63) is 77.9 Å². The maximum atomic E-state index is 12.3. The fourth-order valence-corrected chi connectivity index (χ4v) is 2.62. The summed E-state index contributed by atoms with van der Waals surface area (Å²) in [4.78, 5) is 29.4. The number of hydrogen-bond acceptors (Lipinski definition) is 8. The zero-order valence-electron chi connectivity index (χ0n) is 17.7. The molecule has 3 rings (SSSR count). The third-order valence-corrected chi connectivity index (χ3v) is 4.34. The highest BCUT2D eigenvalue weighted by molar-refractivity contribution is 5.95. The second-order valence-electron chi connectivity index (χ2n) is 6.34. The molecule has 0 aliphatic carbocycles. The molecule has 164 valence electrons. The number of azo groups is 1. The van der Waals surface area contributed by atoms with Crippen LogP contribution >= 0.6 is 0 Å². The van der Waals surface area contributed by atoms with Gasteiger partial charge in [-0.15, -0.1) is 10.2 Å². The summed E-state index contributed by atoms with van der Waals surface area (Å²) < 4.78 is 15.4. The van der Waals surface area contributed by atoms with Crippen molar-refractivity contribution in [2.45, 2.75) is 0 Å². The van der Waals surface area contributed by atoms with Gasteiger partial charge in [0.25, 0.3) is 5.91 Å². The first-order valence-corrected chi connectivity index (χ1v) is 9.43. The van der Waals surface area contributed by atoms with Crippen LogP contribution in [-0.2, 0) is 4.84 Å². The maximum Gasteiger partial charge on any atom is 0.362 e. The van der Waals surface area contributed by atoms with Crippen molar-refractivity contribution in [1.82, 2.24) is 0 Å². The normalized spacial score (nSPS) is 10.5. The summed E-state index contributed by atoms with van der Waals surface area (Å²) in [5.74, 6) is 0.507. The molecular formula is C23H21N3O6. The number of benzene rings is 3. The van der Waals surface area contributed by atoms with Gasteiger partial charge in [0.1, 0.15) is 5.75 Å². The van der Waals surface area contributed by atoms with Gasteiger partial charge in [0.2, 0.25) is 0 Å². The molecule has 0 spiro atoms. The Morgan fingerprint density at radius 3 is 2.03 bits per heavy atom. The van der Waals surface area contributed by atoms with Gasteiger partial charge in [-0.1, -0.05) is 0 Å². The van der Waals surface area contributed by atoms with Gasteiger partial charge < -0.3 is 19.0 Å². The van der Waals surface area contributed by atoms with Gasteiger partial charge in [0, 0.05) is 5.56 Å². The molecule has 9 heteroatoms. The monoisotopic (exact) mass is 435 g/mol. The largest absolute Gasteiger partial charge is 0.497 e. The zero-order valence-corrected chi connectivity index (χ0v) is 17.7. The number of hydrogen-bond donors (Lipinski definition) is 1. The summed E-state index contributed by atoms with van der Waals surface area (Å²) in [7, 11) is 4.54. The third-order valence-electron chi connectivity index (χ3n) is 4.34. The molecule has 0 bridgehead atoms. The Morgan fingerprint density at radius 1 is 0.750 bits per heavy atom. The smallest absolute Gasteiger partial charge is 0.362 e. The summed E-state index contributed by atoms with van der Waals surface area (Å²) >= 11 is 0. The number of nitrogens with zero attached hydrogens (tertiary/aromatic N) is 2. The number of methoxy groups -OCH3 is 3. The first kappa shape index (κ1) is 22.3. The van der Waals surface area contributed by atoms with Gasteiger partial charge in [0.15, 0.2) is 11.5 Å². The SMILES string of the molecule is COc1ccc(C(=O)ONc2ccc(N=NC(=O)c3ccc(OC)c(OC)c3)cc2)cc1. The standard InChI is InChI=1S/C23H21N3O6/c1-29-19-11-4-15(5-12-19)23(28)32-26-18-9-7-17(8-10-18)24-25-22(27)16-6-13-20(30-2)21(14-16)31-3/h4-14,26H,1-3H3. The zero-order chi connectivity index (χ0) is 22.9. The number of amides is 1. The molecule has 32 heavy (non-hydrogen) atoms. The van der Waals surface area contributed by atoms with Gasteiger partial charge in [-0.2, -0.15) is 0 Å². The fraction of sp³-hybridized carbons (Fsp3) is 0.130. The van der Waals surface area contributed by atoms with Crippen molar-refractivity contribution in [1.29, 1.82) is 0 Å². The highest BCUT2D eigenvalue weighted by Gasteiger charge is 2.10. The van der Waals surface area contributed by atoms with E-state index >= 15 is 0 Å². The molecule has 1 N–H and O–H groups in total. The van der Waals surface area contributed by atoms with Gasteiger partial charge in [-0.3, -0.25) is 4.79 Å². The van der Waals surface area contributed by atoms with Gasteiger partial charge in [0.05, 0.1) is 38.3 Å². The number of carbonyl (C=O) groups excluding carboxylic acids is 2. The van der Waals surface area contributed by atoms with Crippen LogP contribution in [0.4, 0.5) is 11.4 Å². The van der Waals surface area contributed by atoms with E-state index in [0.717, 1.165) is 0 Å². The van der Waals surface area contributed by atoms with Crippen LogP contribution in [0.5, 0.6) is 17.2 Å². The van der Waals surface area contributed by atoms with Crippen LogP contribution in [0, 0.1) is 0 Å². The lowest BCUT2D eigenvalue weighted by atomic mass is 10.2. The second-order valence-corrected chi connectivity index (χ2v) is 6.34. The molecule has 0 atom stereocenters. The van der Waals surface area contributed by atoms with Crippen LogP contribution in [0.15, 0.2) is 77.0 Å². The Labute approximate surface area is 184 Å². The van der Waals surface area contributed by atoms with Crippen molar-refractivity contribution in [3.8, 4) is 17.2 Å². The molecule has 0 fully saturated rings. The molecule has 0 radical (unpaired) electrons. The van der Waals surface area contributed by atoms with Crippen molar-refractivity contribution < 1.29 is 28.6 Å². The molecular weight excluding hydrogens is 414 g/mol. The summed E-state index contributed by atoms with van der Waals surface area (Å²) in [6.07, 6.45) is 0. The maximum absolute atomic E-state index is 12.3. The van der Waals surface area contributed by atoms with Crippen molar-refractivity contribution >= 4 is 23.3 Å². The Bertz CT molecular complexity index is 1110. The Balaban J connectivity index is 1.57. The van der Waals surface area contributed by atoms with Crippen LogP contribution in [0.2, 0.25) is 0 Å². The molecule has 3 aromatic rings. The Hall–Kier alpha value is -4.40. The predicted octanol–water partition coefficient (Wildman–Crippen LogP) is 4.82. The van der Waals surface area contributed by atoms with E-state index in [9.17, 15) is 9.59 Å². The molecule has 0 aromatic heterocycles. The molecule has 0 saturated carbocycles. The highest BCUT2D eigenvalue weighted by atomic mass is 16.7. The number of anilines is 1.